The third kappa shape index (κ3) is 6.02. The molecule has 0 aromatic heterocycles. The number of amides is 2. The van der Waals surface area contributed by atoms with E-state index in [1.807, 2.05) is 45.0 Å². The van der Waals surface area contributed by atoms with E-state index in [4.69, 9.17) is 4.74 Å². The zero-order chi connectivity index (χ0) is 18.3. The normalized spacial score (nSPS) is 13.1. The molecule has 132 valence electrons. The maximum Gasteiger partial charge on any atom is 0.328 e. The molecule has 24 heavy (non-hydrogen) atoms. The van der Waals surface area contributed by atoms with Crippen molar-refractivity contribution in [3.63, 3.8) is 0 Å². The highest BCUT2D eigenvalue weighted by Crippen LogP contribution is 2.09. The molecule has 0 heterocycles. The molecule has 0 spiro atoms. The smallest absolute Gasteiger partial charge is 0.328 e. The molecule has 1 aromatic carbocycles. The summed E-state index contributed by atoms with van der Waals surface area (Å²) in [4.78, 5) is 35.8. The van der Waals surface area contributed by atoms with Gasteiger partial charge in [-0.1, -0.05) is 43.7 Å². The Labute approximate surface area is 143 Å². The van der Waals surface area contributed by atoms with Gasteiger partial charge < -0.3 is 15.4 Å². The standard InChI is InChI=1S/C18H26N2O4/c1-11(2)16(19-13(4)21)17(22)20-15(18(23)24-5)10-14-8-6-7-12(3)9-14/h6-9,11,15-16H,10H2,1-5H3,(H,19,21)(H,20,22)/t15-,16+/m0/s1. The first-order valence-corrected chi connectivity index (χ1v) is 7.95. The lowest BCUT2D eigenvalue weighted by molar-refractivity contribution is -0.145. The van der Waals surface area contributed by atoms with E-state index in [0.717, 1.165) is 11.1 Å². The molecule has 0 saturated carbocycles. The van der Waals surface area contributed by atoms with E-state index in [1.165, 1.54) is 14.0 Å². The summed E-state index contributed by atoms with van der Waals surface area (Å²) in [6.07, 6.45) is 0.324. The molecule has 0 bridgehead atoms. The SMILES string of the molecule is COC(=O)[C@H](Cc1cccc(C)c1)NC(=O)[C@H](NC(C)=O)C(C)C. The lowest BCUT2D eigenvalue weighted by Crippen LogP contribution is -2.54. The molecular weight excluding hydrogens is 308 g/mol. The topological polar surface area (TPSA) is 84.5 Å². The van der Waals surface area contributed by atoms with Gasteiger partial charge in [0, 0.05) is 13.3 Å². The van der Waals surface area contributed by atoms with E-state index in [1.54, 1.807) is 0 Å². The van der Waals surface area contributed by atoms with Crippen LogP contribution < -0.4 is 10.6 Å². The first-order valence-electron chi connectivity index (χ1n) is 7.95. The predicted molar refractivity (Wildman–Crippen MR) is 91.3 cm³/mol. The average molecular weight is 334 g/mol. The van der Waals surface area contributed by atoms with Gasteiger partial charge in [-0.3, -0.25) is 9.59 Å². The summed E-state index contributed by atoms with van der Waals surface area (Å²) in [7, 11) is 1.28. The second-order valence-corrected chi connectivity index (χ2v) is 6.20. The molecule has 1 rings (SSSR count). The highest BCUT2D eigenvalue weighted by atomic mass is 16.5. The molecule has 0 aliphatic heterocycles. The molecule has 0 unspecified atom stereocenters. The maximum atomic E-state index is 12.5. The van der Waals surface area contributed by atoms with Crippen LogP contribution in [0.2, 0.25) is 0 Å². The molecule has 2 amide bonds. The van der Waals surface area contributed by atoms with Crippen molar-refractivity contribution in [1.82, 2.24) is 10.6 Å². The fourth-order valence-electron chi connectivity index (χ4n) is 2.43. The molecule has 2 N–H and O–H groups in total. The van der Waals surface area contributed by atoms with E-state index in [9.17, 15) is 14.4 Å². The van der Waals surface area contributed by atoms with Gasteiger partial charge in [0.15, 0.2) is 0 Å². The zero-order valence-corrected chi connectivity index (χ0v) is 14.9. The highest BCUT2D eigenvalue weighted by molar-refractivity contribution is 5.90. The molecule has 0 saturated heterocycles. The summed E-state index contributed by atoms with van der Waals surface area (Å²) in [6, 6.07) is 6.20. The van der Waals surface area contributed by atoms with E-state index >= 15 is 0 Å². The first-order chi connectivity index (χ1) is 11.2. The van der Waals surface area contributed by atoms with Gasteiger partial charge in [0.05, 0.1) is 7.11 Å². The summed E-state index contributed by atoms with van der Waals surface area (Å²) < 4.78 is 4.80. The number of hydrogen-bond acceptors (Lipinski definition) is 4. The third-order valence-electron chi connectivity index (χ3n) is 3.63. The van der Waals surface area contributed by atoms with Crippen molar-refractivity contribution < 1.29 is 19.1 Å². The van der Waals surface area contributed by atoms with E-state index in [-0.39, 0.29) is 11.8 Å². The molecule has 0 aliphatic carbocycles. The van der Waals surface area contributed by atoms with Crippen molar-refractivity contribution in [2.24, 2.45) is 5.92 Å². The molecule has 1 aromatic rings. The Balaban J connectivity index is 2.90. The van der Waals surface area contributed by atoms with Gasteiger partial charge >= 0.3 is 5.97 Å². The summed E-state index contributed by atoms with van der Waals surface area (Å²) in [5.74, 6) is -1.32. The minimum atomic E-state index is -0.806. The van der Waals surface area contributed by atoms with Gasteiger partial charge in [-0.2, -0.15) is 0 Å². The first kappa shape index (κ1) is 19.7. The fourth-order valence-corrected chi connectivity index (χ4v) is 2.43. The van der Waals surface area contributed by atoms with Crippen molar-refractivity contribution in [3.05, 3.63) is 35.4 Å². The summed E-state index contributed by atoms with van der Waals surface area (Å²) in [5, 5.41) is 5.31. The molecular formula is C18H26N2O4. The average Bonchev–Trinajstić information content (AvgIpc) is 2.50. The Hall–Kier alpha value is -2.37. The number of benzene rings is 1. The predicted octanol–water partition coefficient (Wildman–Crippen LogP) is 1.36. The van der Waals surface area contributed by atoms with Gasteiger partial charge in [-0.15, -0.1) is 0 Å². The van der Waals surface area contributed by atoms with E-state index < -0.39 is 24.0 Å². The number of carbonyl (C=O) groups excluding carboxylic acids is 3. The van der Waals surface area contributed by atoms with Crippen molar-refractivity contribution in [3.8, 4) is 0 Å². The van der Waals surface area contributed by atoms with Crippen LogP contribution in [0.15, 0.2) is 24.3 Å². The lowest BCUT2D eigenvalue weighted by Gasteiger charge is -2.24. The van der Waals surface area contributed by atoms with Crippen LogP contribution in [0.25, 0.3) is 0 Å². The molecule has 0 fully saturated rings. The van der Waals surface area contributed by atoms with E-state index in [2.05, 4.69) is 10.6 Å². The van der Waals surface area contributed by atoms with Gasteiger partial charge in [0.25, 0.3) is 0 Å². The van der Waals surface area contributed by atoms with Gasteiger partial charge in [-0.05, 0) is 18.4 Å². The second-order valence-electron chi connectivity index (χ2n) is 6.20. The number of hydrogen-bond donors (Lipinski definition) is 2. The Morgan fingerprint density at radius 1 is 1.17 bits per heavy atom. The van der Waals surface area contributed by atoms with Crippen LogP contribution in [0.1, 0.15) is 31.9 Å². The van der Waals surface area contributed by atoms with Crippen molar-refractivity contribution >= 4 is 17.8 Å². The zero-order valence-electron chi connectivity index (χ0n) is 14.9. The fraction of sp³-hybridized carbons (Fsp3) is 0.500. The number of rotatable bonds is 7. The van der Waals surface area contributed by atoms with Gasteiger partial charge in [0.2, 0.25) is 11.8 Å². The maximum absolute atomic E-state index is 12.5. The Bertz CT molecular complexity index is 598. The minimum Gasteiger partial charge on any atom is -0.467 e. The van der Waals surface area contributed by atoms with Crippen LogP contribution in [0, 0.1) is 12.8 Å². The Kier molecular flexibility index (Phi) is 7.42. The van der Waals surface area contributed by atoms with Crippen LogP contribution in [0.4, 0.5) is 0 Å². The van der Waals surface area contributed by atoms with Crippen molar-refractivity contribution in [1.29, 1.82) is 0 Å². The number of carbonyl (C=O) groups is 3. The van der Waals surface area contributed by atoms with Crippen LogP contribution in [0.3, 0.4) is 0 Å². The lowest BCUT2D eigenvalue weighted by atomic mass is 10.0. The number of ether oxygens (including phenoxy) is 1. The van der Waals surface area contributed by atoms with Crippen LogP contribution >= 0.6 is 0 Å². The quantitative estimate of drug-likeness (QED) is 0.737. The monoisotopic (exact) mass is 334 g/mol. The molecule has 0 radical (unpaired) electrons. The Morgan fingerprint density at radius 3 is 2.33 bits per heavy atom. The number of esters is 1. The molecule has 6 nitrogen and oxygen atoms in total. The molecule has 2 atom stereocenters. The molecule has 6 heteroatoms. The molecule has 0 aliphatic rings. The van der Waals surface area contributed by atoms with Gasteiger partial charge in [-0.25, -0.2) is 4.79 Å². The summed E-state index contributed by atoms with van der Waals surface area (Å²) >= 11 is 0. The summed E-state index contributed by atoms with van der Waals surface area (Å²) in [6.45, 7) is 6.97. The number of methoxy groups -OCH3 is 1. The number of nitrogens with one attached hydrogen (secondary N) is 2. The largest absolute Gasteiger partial charge is 0.467 e. The van der Waals surface area contributed by atoms with Crippen LogP contribution in [-0.2, 0) is 25.5 Å². The summed E-state index contributed by atoms with van der Waals surface area (Å²) in [5.41, 5.74) is 1.99. The van der Waals surface area contributed by atoms with Crippen LogP contribution in [0.5, 0.6) is 0 Å². The van der Waals surface area contributed by atoms with Gasteiger partial charge in [0.1, 0.15) is 12.1 Å². The van der Waals surface area contributed by atoms with Crippen LogP contribution in [-0.4, -0.2) is 37.0 Å². The van der Waals surface area contributed by atoms with Crippen molar-refractivity contribution in [2.45, 2.75) is 46.2 Å². The van der Waals surface area contributed by atoms with E-state index in [0.29, 0.717) is 6.42 Å². The highest BCUT2D eigenvalue weighted by Gasteiger charge is 2.28. The minimum absolute atomic E-state index is 0.105. The third-order valence-corrected chi connectivity index (χ3v) is 3.63. The number of aryl methyl sites for hydroxylation is 1. The second kappa shape index (κ2) is 9.05. The Morgan fingerprint density at radius 2 is 1.83 bits per heavy atom. The van der Waals surface area contributed by atoms with Crippen molar-refractivity contribution in [2.75, 3.05) is 7.11 Å².